The first-order chi connectivity index (χ1) is 5.98. The fourth-order valence-electron chi connectivity index (χ4n) is 0.655. The highest BCUT2D eigenvalue weighted by Crippen LogP contribution is 2.17. The number of ketones is 1. The van der Waals surface area contributed by atoms with Crippen LogP contribution in [0.5, 0.6) is 0 Å². The Morgan fingerprint density at radius 3 is 2.38 bits per heavy atom. The number of carbonyl (C=O) groups excluding carboxylic acids is 1. The molecule has 0 atom stereocenters. The summed E-state index contributed by atoms with van der Waals surface area (Å²) in [6, 6.07) is 0. The molecule has 0 unspecified atom stereocenters. The van der Waals surface area contributed by atoms with Crippen LogP contribution in [0.15, 0.2) is 0 Å². The van der Waals surface area contributed by atoms with Gasteiger partial charge in [0.2, 0.25) is 5.78 Å². The van der Waals surface area contributed by atoms with Gasteiger partial charge in [-0.3, -0.25) is 4.79 Å². The van der Waals surface area contributed by atoms with Crippen molar-refractivity contribution in [3.05, 3.63) is 0 Å². The van der Waals surface area contributed by atoms with E-state index in [4.69, 9.17) is 4.74 Å². The van der Waals surface area contributed by atoms with Crippen molar-refractivity contribution < 1.29 is 22.7 Å². The molecule has 0 saturated heterocycles. The highest BCUT2D eigenvalue weighted by molar-refractivity contribution is 5.83. The molecule has 78 valence electrons. The van der Waals surface area contributed by atoms with E-state index in [1.165, 1.54) is 0 Å². The van der Waals surface area contributed by atoms with E-state index in [1.807, 2.05) is 6.92 Å². The van der Waals surface area contributed by atoms with E-state index in [9.17, 15) is 18.0 Å². The summed E-state index contributed by atoms with van der Waals surface area (Å²) >= 11 is 0. The third-order valence-electron chi connectivity index (χ3n) is 1.43. The van der Waals surface area contributed by atoms with Crippen LogP contribution in [0.1, 0.15) is 26.2 Å². The molecule has 0 heterocycles. The van der Waals surface area contributed by atoms with E-state index < -0.39 is 18.4 Å². The molecule has 5 heteroatoms. The molecule has 0 N–H and O–H groups in total. The highest BCUT2D eigenvalue weighted by atomic mass is 19.4. The quantitative estimate of drug-likeness (QED) is 0.612. The third kappa shape index (κ3) is 6.57. The molecule has 0 amide bonds. The van der Waals surface area contributed by atoms with Crippen LogP contribution in [-0.4, -0.2) is 25.2 Å². The number of unbranched alkanes of at least 4 members (excludes halogenated alkanes) is 1. The summed E-state index contributed by atoms with van der Waals surface area (Å²) in [6.45, 7) is 2.23. The van der Waals surface area contributed by atoms with Crippen LogP contribution >= 0.6 is 0 Å². The lowest BCUT2D eigenvalue weighted by molar-refractivity contribution is -0.172. The molecule has 13 heavy (non-hydrogen) atoms. The van der Waals surface area contributed by atoms with Crippen LogP contribution < -0.4 is 0 Å². The molecule has 0 aromatic heterocycles. The number of ether oxygens (including phenoxy) is 1. The summed E-state index contributed by atoms with van der Waals surface area (Å²) < 4.78 is 39.7. The van der Waals surface area contributed by atoms with Crippen LogP contribution in [-0.2, 0) is 9.53 Å². The van der Waals surface area contributed by atoms with Gasteiger partial charge in [-0.25, -0.2) is 0 Å². The van der Waals surface area contributed by atoms with Gasteiger partial charge in [-0.2, -0.15) is 13.2 Å². The Balaban J connectivity index is 3.38. The molecule has 0 fully saturated rings. The first-order valence-electron chi connectivity index (χ1n) is 4.16. The molecule has 0 aromatic rings. The Labute approximate surface area is 75.1 Å². The smallest absolute Gasteiger partial charge is 0.381 e. The zero-order valence-electron chi connectivity index (χ0n) is 7.49. The molecular weight excluding hydrogens is 185 g/mol. The maximum atomic E-state index is 11.6. The highest BCUT2D eigenvalue weighted by Gasteiger charge is 2.37. The normalized spacial score (nSPS) is 11.7. The molecule has 0 aliphatic heterocycles. The van der Waals surface area contributed by atoms with Crippen molar-refractivity contribution in [3.63, 3.8) is 0 Å². The Hall–Kier alpha value is -0.580. The zero-order valence-corrected chi connectivity index (χ0v) is 7.49. The number of carbonyl (C=O) groups is 1. The molecule has 2 nitrogen and oxygen atoms in total. The fourth-order valence-corrected chi connectivity index (χ4v) is 0.655. The Kier molecular flexibility index (Phi) is 5.70. The van der Waals surface area contributed by atoms with Gasteiger partial charge < -0.3 is 4.74 Å². The van der Waals surface area contributed by atoms with Gasteiger partial charge in [-0.1, -0.05) is 13.3 Å². The van der Waals surface area contributed by atoms with E-state index in [2.05, 4.69) is 0 Å². The van der Waals surface area contributed by atoms with Crippen LogP contribution in [0.3, 0.4) is 0 Å². The van der Waals surface area contributed by atoms with E-state index in [-0.39, 0.29) is 6.61 Å². The van der Waals surface area contributed by atoms with Crippen molar-refractivity contribution in [2.75, 3.05) is 13.2 Å². The number of hydrogen-bond donors (Lipinski definition) is 0. The van der Waals surface area contributed by atoms with Gasteiger partial charge in [0, 0.05) is 13.0 Å². The van der Waals surface area contributed by atoms with Crippen molar-refractivity contribution in [1.29, 1.82) is 0 Å². The van der Waals surface area contributed by atoms with Gasteiger partial charge in [0.15, 0.2) is 0 Å². The van der Waals surface area contributed by atoms with E-state index in [1.54, 1.807) is 0 Å². The predicted octanol–water partition coefficient (Wildman–Crippen LogP) is 2.32. The minimum Gasteiger partial charge on any atom is -0.381 e. The summed E-state index contributed by atoms with van der Waals surface area (Å²) in [6.07, 6.45) is -3.56. The average Bonchev–Trinajstić information content (AvgIpc) is 2.02. The molecule has 0 saturated carbocycles. The second kappa shape index (κ2) is 5.96. The molecule has 0 aliphatic rings. The number of hydrogen-bond acceptors (Lipinski definition) is 2. The second-order valence-electron chi connectivity index (χ2n) is 2.64. The minimum absolute atomic E-state index is 0.141. The number of Topliss-reactive ketones (excluding diaryl/α,β-unsaturated/α-hetero) is 1. The van der Waals surface area contributed by atoms with Crippen molar-refractivity contribution >= 4 is 5.78 Å². The maximum absolute atomic E-state index is 11.6. The molecule has 0 bridgehead atoms. The van der Waals surface area contributed by atoms with Gasteiger partial charge in [-0.15, -0.1) is 0 Å². The van der Waals surface area contributed by atoms with Gasteiger partial charge >= 0.3 is 6.18 Å². The molecule has 0 rings (SSSR count). The summed E-state index contributed by atoms with van der Waals surface area (Å²) in [7, 11) is 0. The van der Waals surface area contributed by atoms with Gasteiger partial charge in [-0.05, 0) is 6.42 Å². The third-order valence-corrected chi connectivity index (χ3v) is 1.43. The average molecular weight is 198 g/mol. The van der Waals surface area contributed by atoms with E-state index in [0.717, 1.165) is 12.8 Å². The van der Waals surface area contributed by atoms with Crippen LogP contribution in [0, 0.1) is 0 Å². The van der Waals surface area contributed by atoms with E-state index in [0.29, 0.717) is 6.61 Å². The van der Waals surface area contributed by atoms with Crippen LogP contribution in [0.2, 0.25) is 0 Å². The van der Waals surface area contributed by atoms with Gasteiger partial charge in [0.25, 0.3) is 0 Å². The van der Waals surface area contributed by atoms with Crippen molar-refractivity contribution in [3.8, 4) is 0 Å². The lowest BCUT2D eigenvalue weighted by atomic mass is 10.3. The Morgan fingerprint density at radius 1 is 1.31 bits per heavy atom. The summed E-state index contributed by atoms with van der Waals surface area (Å²) in [5, 5.41) is 0. The first kappa shape index (κ1) is 12.4. The lowest BCUT2D eigenvalue weighted by Crippen LogP contribution is -2.23. The SMILES string of the molecule is CCCCOCCC(=O)C(F)(F)F. The number of halogens is 3. The monoisotopic (exact) mass is 198 g/mol. The summed E-state index contributed by atoms with van der Waals surface area (Å²) in [5.74, 6) is -1.72. The number of rotatable bonds is 6. The van der Waals surface area contributed by atoms with Gasteiger partial charge in [0.1, 0.15) is 0 Å². The predicted molar refractivity (Wildman–Crippen MR) is 41.4 cm³/mol. The zero-order chi connectivity index (χ0) is 10.3. The van der Waals surface area contributed by atoms with Gasteiger partial charge in [0.05, 0.1) is 6.61 Å². The standard InChI is InChI=1S/C8H13F3O2/c1-2-3-5-13-6-4-7(12)8(9,10)11/h2-6H2,1H3. The van der Waals surface area contributed by atoms with Crippen LogP contribution in [0.25, 0.3) is 0 Å². The topological polar surface area (TPSA) is 26.3 Å². The second-order valence-corrected chi connectivity index (χ2v) is 2.64. The molecular formula is C8H13F3O2. The lowest BCUT2D eigenvalue weighted by Gasteiger charge is -2.05. The maximum Gasteiger partial charge on any atom is 0.450 e. The molecule has 0 spiro atoms. The van der Waals surface area contributed by atoms with Crippen molar-refractivity contribution in [1.82, 2.24) is 0 Å². The van der Waals surface area contributed by atoms with Crippen LogP contribution in [0.4, 0.5) is 13.2 Å². The first-order valence-corrected chi connectivity index (χ1v) is 4.16. The van der Waals surface area contributed by atoms with E-state index >= 15 is 0 Å². The van der Waals surface area contributed by atoms with Crippen molar-refractivity contribution in [2.45, 2.75) is 32.4 Å². The van der Waals surface area contributed by atoms with Crippen molar-refractivity contribution in [2.24, 2.45) is 0 Å². The molecule has 0 radical (unpaired) electrons. The summed E-state index contributed by atoms with van der Waals surface area (Å²) in [5.41, 5.74) is 0. The largest absolute Gasteiger partial charge is 0.450 e. The Morgan fingerprint density at radius 2 is 1.92 bits per heavy atom. The molecule has 0 aromatic carbocycles. The summed E-state index contributed by atoms with van der Waals surface area (Å²) in [4.78, 5) is 10.3. The number of alkyl halides is 3. The minimum atomic E-state index is -4.71. The fraction of sp³-hybridized carbons (Fsp3) is 0.875. The molecule has 0 aliphatic carbocycles. The Bertz CT molecular complexity index is 154.